The molecule has 2 heterocycles. The molecule has 8 heteroatoms. The maximum atomic E-state index is 14.1. The van der Waals surface area contributed by atoms with Crippen LogP contribution in [0.5, 0.6) is 5.88 Å². The van der Waals surface area contributed by atoms with Crippen molar-refractivity contribution in [3.8, 4) is 17.0 Å². The fraction of sp³-hybridized carbons (Fsp3) is 0.300. The summed E-state index contributed by atoms with van der Waals surface area (Å²) in [6.45, 7) is 5.56. The molecule has 0 fully saturated rings. The van der Waals surface area contributed by atoms with Gasteiger partial charge >= 0.3 is 0 Å². The highest BCUT2D eigenvalue weighted by molar-refractivity contribution is 5.66. The Bertz CT molecular complexity index is 1500. The zero-order chi connectivity index (χ0) is 27.4. The molecule has 0 spiro atoms. The standard InChI is InChI=1S/C30H30F3N3O2/c1-4-6-10-28-35-29(37)25(30(38)36(28)26(5-2)21-15-22(31)17-23(32)16-21)14-19-8-7-9-20(13-19)24-11-12-27(33)34-18(24)3/h7-9,11-13,15-17,26,38H,4-6,10,14H2,1-3H3. The summed E-state index contributed by atoms with van der Waals surface area (Å²) in [5.74, 6) is -1.89. The summed E-state index contributed by atoms with van der Waals surface area (Å²) < 4.78 is 43.2. The molecular weight excluding hydrogens is 491 g/mol. The van der Waals surface area contributed by atoms with Crippen molar-refractivity contribution in [2.24, 2.45) is 0 Å². The van der Waals surface area contributed by atoms with Crippen LogP contribution in [0.1, 0.15) is 67.4 Å². The van der Waals surface area contributed by atoms with Crippen LogP contribution in [0.4, 0.5) is 13.2 Å². The fourth-order valence-corrected chi connectivity index (χ4v) is 4.82. The fourth-order valence-electron chi connectivity index (χ4n) is 4.82. The topological polar surface area (TPSA) is 68.0 Å². The molecule has 0 aliphatic heterocycles. The number of aromatic nitrogens is 3. The van der Waals surface area contributed by atoms with Gasteiger partial charge in [-0.15, -0.1) is 0 Å². The maximum absolute atomic E-state index is 14.1. The molecule has 4 rings (SSSR count). The number of hydrogen-bond donors (Lipinski definition) is 1. The molecule has 2 aromatic carbocycles. The summed E-state index contributed by atoms with van der Waals surface area (Å²) in [5, 5.41) is 11.5. The molecule has 0 radical (unpaired) electrons. The number of rotatable bonds is 9. The predicted molar refractivity (Wildman–Crippen MR) is 141 cm³/mol. The van der Waals surface area contributed by atoms with E-state index in [1.54, 1.807) is 17.6 Å². The maximum Gasteiger partial charge on any atom is 0.280 e. The third-order valence-corrected chi connectivity index (χ3v) is 6.66. The Hall–Kier alpha value is -3.94. The van der Waals surface area contributed by atoms with Crippen molar-refractivity contribution in [1.82, 2.24) is 14.5 Å². The molecule has 2 aromatic heterocycles. The minimum atomic E-state index is -0.718. The average molecular weight is 522 g/mol. The van der Waals surface area contributed by atoms with E-state index in [2.05, 4.69) is 9.97 Å². The third kappa shape index (κ3) is 5.79. The Balaban J connectivity index is 1.81. The monoisotopic (exact) mass is 521 g/mol. The minimum Gasteiger partial charge on any atom is -0.494 e. The van der Waals surface area contributed by atoms with Crippen LogP contribution in [0.25, 0.3) is 11.1 Å². The van der Waals surface area contributed by atoms with Crippen molar-refractivity contribution >= 4 is 0 Å². The van der Waals surface area contributed by atoms with Crippen molar-refractivity contribution in [2.75, 3.05) is 0 Å². The molecule has 0 saturated carbocycles. The van der Waals surface area contributed by atoms with E-state index in [0.717, 1.165) is 35.6 Å². The number of unbranched alkanes of at least 4 members (excludes halogenated alkanes) is 1. The Morgan fingerprint density at radius 1 is 0.974 bits per heavy atom. The third-order valence-electron chi connectivity index (χ3n) is 6.66. The summed E-state index contributed by atoms with van der Waals surface area (Å²) in [6, 6.07) is 12.9. The molecule has 0 bridgehead atoms. The van der Waals surface area contributed by atoms with Crippen LogP contribution >= 0.6 is 0 Å². The quantitative estimate of drug-likeness (QED) is 0.250. The first kappa shape index (κ1) is 27.1. The van der Waals surface area contributed by atoms with E-state index in [9.17, 15) is 23.1 Å². The number of aryl methyl sites for hydroxylation is 2. The lowest BCUT2D eigenvalue weighted by Gasteiger charge is -2.25. The van der Waals surface area contributed by atoms with E-state index in [4.69, 9.17) is 0 Å². The highest BCUT2D eigenvalue weighted by Gasteiger charge is 2.24. The van der Waals surface area contributed by atoms with Crippen molar-refractivity contribution in [2.45, 2.75) is 58.9 Å². The second-order valence-corrected chi connectivity index (χ2v) is 9.38. The van der Waals surface area contributed by atoms with Gasteiger partial charge in [0, 0.05) is 30.2 Å². The summed E-state index contributed by atoms with van der Waals surface area (Å²) in [6.07, 6.45) is 2.49. The van der Waals surface area contributed by atoms with Gasteiger partial charge in [-0.2, -0.15) is 9.37 Å². The predicted octanol–water partition coefficient (Wildman–Crippen LogP) is 6.67. The Morgan fingerprint density at radius 2 is 1.71 bits per heavy atom. The second-order valence-electron chi connectivity index (χ2n) is 9.38. The summed E-state index contributed by atoms with van der Waals surface area (Å²) in [5.41, 5.74) is 2.70. The molecule has 4 aromatic rings. The Kier molecular flexibility index (Phi) is 8.29. The molecule has 198 valence electrons. The summed E-state index contributed by atoms with van der Waals surface area (Å²) in [7, 11) is 0. The molecule has 1 atom stereocenters. The van der Waals surface area contributed by atoms with Gasteiger partial charge in [0.15, 0.2) is 0 Å². The van der Waals surface area contributed by atoms with Crippen LogP contribution in [0, 0.1) is 24.5 Å². The zero-order valence-corrected chi connectivity index (χ0v) is 21.6. The van der Waals surface area contributed by atoms with Crippen LogP contribution in [0.2, 0.25) is 0 Å². The van der Waals surface area contributed by atoms with Crippen LogP contribution < -0.4 is 5.56 Å². The number of halogens is 3. The van der Waals surface area contributed by atoms with Gasteiger partial charge in [0.1, 0.15) is 17.5 Å². The van der Waals surface area contributed by atoms with Gasteiger partial charge in [0.2, 0.25) is 11.8 Å². The largest absolute Gasteiger partial charge is 0.494 e. The molecule has 1 unspecified atom stereocenters. The van der Waals surface area contributed by atoms with E-state index < -0.39 is 29.2 Å². The molecule has 38 heavy (non-hydrogen) atoms. The van der Waals surface area contributed by atoms with Crippen molar-refractivity contribution < 1.29 is 18.3 Å². The van der Waals surface area contributed by atoms with Gasteiger partial charge < -0.3 is 5.11 Å². The Morgan fingerprint density at radius 3 is 2.37 bits per heavy atom. The van der Waals surface area contributed by atoms with E-state index >= 15 is 0 Å². The van der Waals surface area contributed by atoms with Crippen molar-refractivity contribution in [3.63, 3.8) is 0 Å². The summed E-state index contributed by atoms with van der Waals surface area (Å²) in [4.78, 5) is 21.3. The first-order chi connectivity index (χ1) is 18.2. The Labute approximate surface area is 219 Å². The molecule has 0 saturated heterocycles. The lowest BCUT2D eigenvalue weighted by molar-refractivity contribution is 0.367. The van der Waals surface area contributed by atoms with E-state index in [0.29, 0.717) is 29.9 Å². The minimum absolute atomic E-state index is 0.0845. The van der Waals surface area contributed by atoms with Gasteiger partial charge in [0.25, 0.3) is 5.56 Å². The lowest BCUT2D eigenvalue weighted by atomic mass is 9.98. The SMILES string of the molecule is CCCCc1nc(=O)c(Cc2cccc(-c3ccc(F)nc3C)c2)c(O)n1C(CC)c1cc(F)cc(F)c1. The first-order valence-electron chi connectivity index (χ1n) is 12.7. The highest BCUT2D eigenvalue weighted by Crippen LogP contribution is 2.32. The molecule has 0 aliphatic rings. The van der Waals surface area contributed by atoms with E-state index in [1.165, 1.54) is 18.2 Å². The van der Waals surface area contributed by atoms with Crippen molar-refractivity contribution in [3.05, 3.63) is 111 Å². The highest BCUT2D eigenvalue weighted by atomic mass is 19.1. The second kappa shape index (κ2) is 11.6. The zero-order valence-electron chi connectivity index (χ0n) is 21.6. The van der Waals surface area contributed by atoms with Crippen LogP contribution in [0.3, 0.4) is 0 Å². The van der Waals surface area contributed by atoms with Gasteiger partial charge in [-0.3, -0.25) is 9.36 Å². The number of pyridine rings is 1. The molecular formula is C30H30F3N3O2. The van der Waals surface area contributed by atoms with Gasteiger partial charge in [-0.25, -0.2) is 13.8 Å². The molecule has 5 nitrogen and oxygen atoms in total. The average Bonchev–Trinajstić information content (AvgIpc) is 2.86. The van der Waals surface area contributed by atoms with E-state index in [-0.39, 0.29) is 17.9 Å². The normalized spacial score (nSPS) is 12.1. The lowest BCUT2D eigenvalue weighted by Crippen LogP contribution is -2.26. The molecule has 0 aliphatic carbocycles. The smallest absolute Gasteiger partial charge is 0.280 e. The molecule has 0 amide bonds. The number of aromatic hydroxyl groups is 1. The van der Waals surface area contributed by atoms with Crippen LogP contribution in [0.15, 0.2) is 59.4 Å². The summed E-state index contributed by atoms with van der Waals surface area (Å²) >= 11 is 0. The van der Waals surface area contributed by atoms with E-state index in [1.807, 2.05) is 38.1 Å². The van der Waals surface area contributed by atoms with Crippen molar-refractivity contribution in [1.29, 1.82) is 0 Å². The van der Waals surface area contributed by atoms with Gasteiger partial charge in [-0.1, -0.05) is 44.5 Å². The molecule has 1 N–H and O–H groups in total. The number of nitrogens with zero attached hydrogens (tertiary/aromatic N) is 3. The number of hydrogen-bond acceptors (Lipinski definition) is 4. The first-order valence-corrected chi connectivity index (χ1v) is 12.7. The van der Waals surface area contributed by atoms with Gasteiger partial charge in [0.05, 0.1) is 11.6 Å². The van der Waals surface area contributed by atoms with Crippen LogP contribution in [-0.2, 0) is 12.8 Å². The van der Waals surface area contributed by atoms with Crippen LogP contribution in [-0.4, -0.2) is 19.6 Å². The van der Waals surface area contributed by atoms with Gasteiger partial charge in [-0.05, 0) is 60.7 Å². The number of benzene rings is 2.